The fourth-order valence-electron chi connectivity index (χ4n) is 0.929. The van der Waals surface area contributed by atoms with Crippen molar-refractivity contribution in [2.75, 3.05) is 0 Å². The van der Waals surface area contributed by atoms with Gasteiger partial charge in [-0.1, -0.05) is 0 Å². The average molecular weight is 200 g/mol. The lowest BCUT2D eigenvalue weighted by molar-refractivity contribution is 0.0689. The number of fused-ring (bicyclic) bond motifs is 1. The van der Waals surface area contributed by atoms with Gasteiger partial charge in [0.05, 0.1) is 0 Å². The molecule has 0 unspecified atom stereocenters. The molecule has 68 valence electrons. The van der Waals surface area contributed by atoms with Crippen molar-refractivity contribution in [3.63, 3.8) is 0 Å². The number of aromatic carboxylic acids is 1. The van der Waals surface area contributed by atoms with Gasteiger partial charge in [-0.15, -0.1) is 12.4 Å². The van der Waals surface area contributed by atoms with Crippen molar-refractivity contribution in [2.24, 2.45) is 0 Å². The highest BCUT2D eigenvalue weighted by molar-refractivity contribution is 5.85. The van der Waals surface area contributed by atoms with Gasteiger partial charge in [0.2, 0.25) is 0 Å². The molecule has 0 aliphatic carbocycles. The van der Waals surface area contributed by atoms with Crippen molar-refractivity contribution >= 4 is 24.0 Å². The molecule has 2 aromatic rings. The standard InChI is InChI=1S/C7H5N3O2.ClH/c11-7(12)5-1-2-6-8-3-4-10(6)9-5;/h1-4H,(H,11,12);1H. The lowest BCUT2D eigenvalue weighted by Crippen LogP contribution is -2.03. The molecule has 1 N–H and O–H groups in total. The zero-order valence-corrected chi connectivity index (χ0v) is 7.23. The zero-order chi connectivity index (χ0) is 8.55. The number of hydrogen-bond donors (Lipinski definition) is 1. The number of carboxylic acid groups (broad SMARTS) is 1. The number of nitrogens with zero attached hydrogens (tertiary/aromatic N) is 3. The first-order valence-corrected chi connectivity index (χ1v) is 3.31. The fourth-order valence-corrected chi connectivity index (χ4v) is 0.929. The molecule has 0 saturated heterocycles. The van der Waals surface area contributed by atoms with E-state index in [9.17, 15) is 4.79 Å². The first-order chi connectivity index (χ1) is 5.77. The normalized spacial score (nSPS) is 9.54. The van der Waals surface area contributed by atoms with Gasteiger partial charge in [0, 0.05) is 12.4 Å². The van der Waals surface area contributed by atoms with Crippen LogP contribution in [-0.2, 0) is 0 Å². The van der Waals surface area contributed by atoms with Crippen molar-refractivity contribution in [1.82, 2.24) is 14.6 Å². The van der Waals surface area contributed by atoms with Crippen molar-refractivity contribution in [2.45, 2.75) is 0 Å². The number of hydrogen-bond acceptors (Lipinski definition) is 3. The van der Waals surface area contributed by atoms with Crippen LogP contribution in [0.1, 0.15) is 10.5 Å². The summed E-state index contributed by atoms with van der Waals surface area (Å²) in [6.45, 7) is 0. The molecule has 0 saturated carbocycles. The minimum Gasteiger partial charge on any atom is -0.476 e. The largest absolute Gasteiger partial charge is 0.476 e. The highest BCUT2D eigenvalue weighted by Gasteiger charge is 2.04. The van der Waals surface area contributed by atoms with E-state index in [2.05, 4.69) is 10.1 Å². The van der Waals surface area contributed by atoms with Gasteiger partial charge < -0.3 is 5.11 Å². The van der Waals surface area contributed by atoms with Gasteiger partial charge in [0.1, 0.15) is 0 Å². The molecule has 0 atom stereocenters. The number of aromatic nitrogens is 3. The molecule has 0 radical (unpaired) electrons. The second-order valence-corrected chi connectivity index (χ2v) is 2.25. The zero-order valence-electron chi connectivity index (χ0n) is 6.41. The van der Waals surface area contributed by atoms with Crippen molar-refractivity contribution in [3.8, 4) is 0 Å². The molecule has 6 heteroatoms. The van der Waals surface area contributed by atoms with E-state index < -0.39 is 5.97 Å². The highest BCUT2D eigenvalue weighted by Crippen LogP contribution is 1.99. The summed E-state index contributed by atoms with van der Waals surface area (Å²) < 4.78 is 1.42. The van der Waals surface area contributed by atoms with Crippen molar-refractivity contribution in [1.29, 1.82) is 0 Å². The lowest BCUT2D eigenvalue weighted by Gasteiger charge is -1.93. The summed E-state index contributed by atoms with van der Waals surface area (Å²) in [6, 6.07) is 3.03. The number of carboxylic acids is 1. The number of carbonyl (C=O) groups is 1. The molecule has 2 heterocycles. The molecule has 0 aliphatic rings. The third-order valence-electron chi connectivity index (χ3n) is 1.47. The van der Waals surface area contributed by atoms with Crippen molar-refractivity contribution < 1.29 is 9.90 Å². The summed E-state index contributed by atoms with van der Waals surface area (Å²) in [7, 11) is 0. The van der Waals surface area contributed by atoms with Gasteiger partial charge >= 0.3 is 5.97 Å². The molecular weight excluding hydrogens is 194 g/mol. The Morgan fingerprint density at radius 2 is 2.23 bits per heavy atom. The van der Waals surface area contributed by atoms with Crippen LogP contribution < -0.4 is 0 Å². The molecule has 0 fully saturated rings. The number of imidazole rings is 1. The van der Waals surface area contributed by atoms with Gasteiger partial charge in [0.15, 0.2) is 11.3 Å². The van der Waals surface area contributed by atoms with Crippen LogP contribution >= 0.6 is 12.4 Å². The summed E-state index contributed by atoms with van der Waals surface area (Å²) in [5.74, 6) is -1.04. The first-order valence-electron chi connectivity index (χ1n) is 3.31. The maximum atomic E-state index is 10.5. The second kappa shape index (κ2) is 3.40. The van der Waals surface area contributed by atoms with E-state index in [1.54, 1.807) is 18.5 Å². The monoisotopic (exact) mass is 199 g/mol. The van der Waals surface area contributed by atoms with Crippen LogP contribution in [0.3, 0.4) is 0 Å². The highest BCUT2D eigenvalue weighted by atomic mass is 35.5. The molecule has 0 bridgehead atoms. The predicted octanol–water partition coefficient (Wildman–Crippen LogP) is 0.849. The molecule has 0 aromatic carbocycles. The lowest BCUT2D eigenvalue weighted by atomic mass is 10.4. The van der Waals surface area contributed by atoms with Crippen LogP contribution in [-0.4, -0.2) is 25.7 Å². The van der Waals surface area contributed by atoms with Gasteiger partial charge in [0.25, 0.3) is 0 Å². The smallest absolute Gasteiger partial charge is 0.356 e. The minimum absolute atomic E-state index is 0. The van der Waals surface area contributed by atoms with Crippen LogP contribution in [0.25, 0.3) is 5.65 Å². The Morgan fingerprint density at radius 3 is 2.92 bits per heavy atom. The fraction of sp³-hybridized carbons (Fsp3) is 0. The molecule has 5 nitrogen and oxygen atoms in total. The van der Waals surface area contributed by atoms with Crippen LogP contribution in [0.2, 0.25) is 0 Å². The maximum Gasteiger partial charge on any atom is 0.356 e. The van der Waals surface area contributed by atoms with Crippen LogP contribution in [0, 0.1) is 0 Å². The van der Waals surface area contributed by atoms with Gasteiger partial charge in [-0.05, 0) is 12.1 Å². The average Bonchev–Trinajstić information content (AvgIpc) is 2.49. The Morgan fingerprint density at radius 1 is 1.46 bits per heavy atom. The quantitative estimate of drug-likeness (QED) is 0.740. The summed E-state index contributed by atoms with van der Waals surface area (Å²) in [4.78, 5) is 14.4. The Balaban J connectivity index is 0.000000845. The SMILES string of the molecule is Cl.O=C(O)c1ccc2nccn2n1. The summed E-state index contributed by atoms with van der Waals surface area (Å²) in [5.41, 5.74) is 0.653. The van der Waals surface area contributed by atoms with Crippen LogP contribution in [0.4, 0.5) is 0 Å². The summed E-state index contributed by atoms with van der Waals surface area (Å²) >= 11 is 0. The molecule has 0 spiro atoms. The van der Waals surface area contributed by atoms with E-state index in [4.69, 9.17) is 5.11 Å². The Hall–Kier alpha value is -1.62. The van der Waals surface area contributed by atoms with Gasteiger partial charge in [-0.25, -0.2) is 14.3 Å². The second-order valence-electron chi connectivity index (χ2n) is 2.25. The van der Waals surface area contributed by atoms with E-state index >= 15 is 0 Å². The molecule has 2 rings (SSSR count). The minimum atomic E-state index is -1.04. The summed E-state index contributed by atoms with van der Waals surface area (Å²) in [6.07, 6.45) is 3.16. The molecule has 0 aliphatic heterocycles. The topological polar surface area (TPSA) is 67.5 Å². The Labute approximate surface area is 79.4 Å². The van der Waals surface area contributed by atoms with E-state index in [1.165, 1.54) is 10.6 Å². The molecule has 2 aromatic heterocycles. The Kier molecular flexibility index (Phi) is 2.48. The predicted molar refractivity (Wildman–Crippen MR) is 47.2 cm³/mol. The van der Waals surface area contributed by atoms with E-state index in [1.807, 2.05) is 0 Å². The van der Waals surface area contributed by atoms with Crippen molar-refractivity contribution in [3.05, 3.63) is 30.2 Å². The molecule has 13 heavy (non-hydrogen) atoms. The van der Waals surface area contributed by atoms with Gasteiger partial charge in [-0.3, -0.25) is 0 Å². The number of rotatable bonds is 1. The van der Waals surface area contributed by atoms with Crippen LogP contribution in [0.5, 0.6) is 0 Å². The van der Waals surface area contributed by atoms with Gasteiger partial charge in [-0.2, -0.15) is 5.10 Å². The number of halogens is 1. The van der Waals surface area contributed by atoms with E-state index in [0.717, 1.165) is 0 Å². The van der Waals surface area contributed by atoms with E-state index in [0.29, 0.717) is 5.65 Å². The molecular formula is C7H6ClN3O2. The molecule has 0 amide bonds. The Bertz CT molecular complexity index is 440. The summed E-state index contributed by atoms with van der Waals surface area (Å²) in [5, 5.41) is 12.4. The maximum absolute atomic E-state index is 10.5. The van der Waals surface area contributed by atoms with E-state index in [-0.39, 0.29) is 18.1 Å². The third-order valence-corrected chi connectivity index (χ3v) is 1.47. The third kappa shape index (κ3) is 1.59. The first kappa shape index (κ1) is 9.47. The van der Waals surface area contributed by atoms with Crippen LogP contribution in [0.15, 0.2) is 24.5 Å².